The third-order valence-electron chi connectivity index (χ3n) is 2.49. The Morgan fingerprint density at radius 2 is 2.13 bits per heavy atom. The van der Waals surface area contributed by atoms with Crippen molar-refractivity contribution >= 4 is 0 Å². The molecule has 1 rings (SSSR count). The summed E-state index contributed by atoms with van der Waals surface area (Å²) in [6.07, 6.45) is 8.28. The lowest BCUT2D eigenvalue weighted by molar-refractivity contribution is 0.451. The lowest BCUT2D eigenvalue weighted by Gasteiger charge is -2.14. The van der Waals surface area contributed by atoms with Crippen molar-refractivity contribution in [2.45, 2.75) is 46.2 Å². The van der Waals surface area contributed by atoms with Crippen molar-refractivity contribution in [2.75, 3.05) is 6.54 Å². The molecule has 1 aromatic rings. The quantitative estimate of drug-likeness (QED) is 0.698. The van der Waals surface area contributed by atoms with E-state index in [0.717, 1.165) is 19.0 Å². The maximum absolute atomic E-state index is 4.03. The molecule has 0 bridgehead atoms. The van der Waals surface area contributed by atoms with Gasteiger partial charge in [0.05, 0.1) is 6.33 Å². The summed E-state index contributed by atoms with van der Waals surface area (Å²) in [6.45, 7) is 8.88. The van der Waals surface area contributed by atoms with Gasteiger partial charge in [0.2, 0.25) is 0 Å². The van der Waals surface area contributed by atoms with E-state index in [9.17, 15) is 0 Å². The maximum Gasteiger partial charge on any atom is 0.0946 e. The molecule has 86 valence electrons. The fourth-order valence-corrected chi connectivity index (χ4v) is 1.63. The molecule has 1 unspecified atom stereocenters. The zero-order valence-electron chi connectivity index (χ0n) is 10.1. The molecule has 0 aliphatic carbocycles. The van der Waals surface area contributed by atoms with Crippen LogP contribution in [-0.4, -0.2) is 22.1 Å². The monoisotopic (exact) mass is 209 g/mol. The maximum atomic E-state index is 4.03. The molecule has 0 aliphatic heterocycles. The molecule has 0 aromatic carbocycles. The molecule has 1 N–H and O–H groups in total. The van der Waals surface area contributed by atoms with Crippen LogP contribution >= 0.6 is 0 Å². The SMILES string of the molecule is CC(C)CCCNC(C)Cn1ccnc1. The number of hydrogen-bond acceptors (Lipinski definition) is 2. The summed E-state index contributed by atoms with van der Waals surface area (Å²) in [5.74, 6) is 0.816. The van der Waals surface area contributed by atoms with Gasteiger partial charge in [0.25, 0.3) is 0 Å². The average Bonchev–Trinajstić information content (AvgIpc) is 2.64. The Hall–Kier alpha value is -0.830. The van der Waals surface area contributed by atoms with Crippen LogP contribution in [0.25, 0.3) is 0 Å². The number of imidazole rings is 1. The minimum atomic E-state index is 0.520. The van der Waals surface area contributed by atoms with E-state index in [0.29, 0.717) is 6.04 Å². The molecule has 3 heteroatoms. The Labute approximate surface area is 92.9 Å². The number of hydrogen-bond donors (Lipinski definition) is 1. The minimum absolute atomic E-state index is 0.520. The first-order valence-corrected chi connectivity index (χ1v) is 5.87. The van der Waals surface area contributed by atoms with Crippen molar-refractivity contribution in [1.82, 2.24) is 14.9 Å². The van der Waals surface area contributed by atoms with Gasteiger partial charge in [-0.2, -0.15) is 0 Å². The van der Waals surface area contributed by atoms with E-state index in [1.165, 1.54) is 12.8 Å². The molecule has 1 atom stereocenters. The fraction of sp³-hybridized carbons (Fsp3) is 0.750. The van der Waals surface area contributed by atoms with Crippen LogP contribution in [0.2, 0.25) is 0 Å². The minimum Gasteiger partial charge on any atom is -0.336 e. The van der Waals surface area contributed by atoms with E-state index in [4.69, 9.17) is 0 Å². The van der Waals surface area contributed by atoms with Crippen molar-refractivity contribution in [3.05, 3.63) is 18.7 Å². The molecule has 3 nitrogen and oxygen atoms in total. The van der Waals surface area contributed by atoms with Gasteiger partial charge in [-0.15, -0.1) is 0 Å². The number of rotatable bonds is 7. The van der Waals surface area contributed by atoms with Gasteiger partial charge < -0.3 is 9.88 Å². The summed E-state index contributed by atoms with van der Waals surface area (Å²) in [7, 11) is 0. The molecule has 0 aliphatic rings. The van der Waals surface area contributed by atoms with Crippen molar-refractivity contribution in [3.8, 4) is 0 Å². The Bertz CT molecular complexity index is 241. The fourth-order valence-electron chi connectivity index (χ4n) is 1.63. The summed E-state index contributed by atoms with van der Waals surface area (Å²) >= 11 is 0. The summed E-state index contributed by atoms with van der Waals surface area (Å²) in [5, 5.41) is 3.53. The Morgan fingerprint density at radius 1 is 1.33 bits per heavy atom. The van der Waals surface area contributed by atoms with Gasteiger partial charge in [0.15, 0.2) is 0 Å². The van der Waals surface area contributed by atoms with Crippen LogP contribution < -0.4 is 5.32 Å². The lowest BCUT2D eigenvalue weighted by Crippen LogP contribution is -2.31. The molecule has 15 heavy (non-hydrogen) atoms. The van der Waals surface area contributed by atoms with Crippen LogP contribution in [0, 0.1) is 5.92 Å². The first-order valence-electron chi connectivity index (χ1n) is 5.87. The summed E-state index contributed by atoms with van der Waals surface area (Å²) in [5.41, 5.74) is 0. The smallest absolute Gasteiger partial charge is 0.0946 e. The first-order chi connectivity index (χ1) is 7.18. The van der Waals surface area contributed by atoms with Gasteiger partial charge in [-0.05, 0) is 32.2 Å². The van der Waals surface area contributed by atoms with Crippen LogP contribution in [0.1, 0.15) is 33.6 Å². The third kappa shape index (κ3) is 5.57. The largest absolute Gasteiger partial charge is 0.336 e. The molecule has 1 aromatic heterocycles. The van der Waals surface area contributed by atoms with Crippen molar-refractivity contribution < 1.29 is 0 Å². The normalized spacial score (nSPS) is 13.3. The van der Waals surface area contributed by atoms with Crippen molar-refractivity contribution in [2.24, 2.45) is 5.92 Å². The van der Waals surface area contributed by atoms with Crippen LogP contribution in [0.3, 0.4) is 0 Å². The van der Waals surface area contributed by atoms with Crippen LogP contribution in [-0.2, 0) is 6.54 Å². The molecule has 1 heterocycles. The average molecular weight is 209 g/mol. The van der Waals surface area contributed by atoms with Gasteiger partial charge in [0, 0.05) is 25.0 Å². The predicted molar refractivity (Wildman–Crippen MR) is 63.8 cm³/mol. The Morgan fingerprint density at radius 3 is 2.73 bits per heavy atom. The number of nitrogens with one attached hydrogen (secondary N) is 1. The number of nitrogens with zero attached hydrogens (tertiary/aromatic N) is 2. The lowest BCUT2D eigenvalue weighted by atomic mass is 10.1. The van der Waals surface area contributed by atoms with Gasteiger partial charge >= 0.3 is 0 Å². The van der Waals surface area contributed by atoms with Gasteiger partial charge in [-0.1, -0.05) is 13.8 Å². The molecule has 0 spiro atoms. The zero-order chi connectivity index (χ0) is 11.1. The van der Waals surface area contributed by atoms with E-state index in [1.807, 2.05) is 18.7 Å². The van der Waals surface area contributed by atoms with E-state index < -0.39 is 0 Å². The van der Waals surface area contributed by atoms with Crippen LogP contribution in [0.15, 0.2) is 18.7 Å². The Balaban J connectivity index is 2.06. The number of aromatic nitrogens is 2. The van der Waals surface area contributed by atoms with Gasteiger partial charge in [-0.25, -0.2) is 4.98 Å². The molecule has 0 saturated heterocycles. The highest BCUT2D eigenvalue weighted by Crippen LogP contribution is 2.02. The van der Waals surface area contributed by atoms with E-state index in [1.54, 1.807) is 0 Å². The predicted octanol–water partition coefficient (Wildman–Crippen LogP) is 2.30. The summed E-state index contributed by atoms with van der Waals surface area (Å²) in [4.78, 5) is 4.03. The van der Waals surface area contributed by atoms with Crippen molar-refractivity contribution in [1.29, 1.82) is 0 Å². The van der Waals surface area contributed by atoms with Crippen molar-refractivity contribution in [3.63, 3.8) is 0 Å². The van der Waals surface area contributed by atoms with Crippen LogP contribution in [0.4, 0.5) is 0 Å². The molecule has 0 fully saturated rings. The zero-order valence-corrected chi connectivity index (χ0v) is 10.1. The molecule has 0 saturated carbocycles. The second kappa shape index (κ2) is 6.62. The summed E-state index contributed by atoms with van der Waals surface area (Å²) < 4.78 is 2.11. The van der Waals surface area contributed by atoms with Gasteiger partial charge in [0.1, 0.15) is 0 Å². The first kappa shape index (κ1) is 12.2. The Kier molecular flexibility index (Phi) is 5.40. The van der Waals surface area contributed by atoms with E-state index >= 15 is 0 Å². The molecule has 0 radical (unpaired) electrons. The highest BCUT2D eigenvalue weighted by atomic mass is 15.1. The second-order valence-corrected chi connectivity index (χ2v) is 4.65. The van der Waals surface area contributed by atoms with Crippen LogP contribution in [0.5, 0.6) is 0 Å². The molecule has 0 amide bonds. The third-order valence-corrected chi connectivity index (χ3v) is 2.49. The van der Waals surface area contributed by atoms with E-state index in [2.05, 4.69) is 35.6 Å². The highest BCUT2D eigenvalue weighted by molar-refractivity contribution is 4.76. The summed E-state index contributed by atoms with van der Waals surface area (Å²) in [6, 6.07) is 0.520. The van der Waals surface area contributed by atoms with E-state index in [-0.39, 0.29) is 0 Å². The van der Waals surface area contributed by atoms with Gasteiger partial charge in [-0.3, -0.25) is 0 Å². The molecular formula is C12H23N3. The second-order valence-electron chi connectivity index (χ2n) is 4.65. The highest BCUT2D eigenvalue weighted by Gasteiger charge is 2.01. The topological polar surface area (TPSA) is 29.9 Å². The standard InChI is InChI=1S/C12H23N3/c1-11(2)5-4-6-14-12(3)9-15-8-7-13-10-15/h7-8,10-12,14H,4-6,9H2,1-3H3. The molecular weight excluding hydrogens is 186 g/mol.